The quantitative estimate of drug-likeness (QED) is 0.405. The van der Waals surface area contributed by atoms with E-state index in [-0.39, 0.29) is 23.8 Å². The van der Waals surface area contributed by atoms with E-state index in [1.54, 1.807) is 40.3 Å². The van der Waals surface area contributed by atoms with Crippen LogP contribution in [0.5, 0.6) is 0 Å². The van der Waals surface area contributed by atoms with Crippen molar-refractivity contribution in [1.29, 1.82) is 0 Å². The summed E-state index contributed by atoms with van der Waals surface area (Å²) in [6, 6.07) is 10.2. The van der Waals surface area contributed by atoms with Crippen molar-refractivity contribution in [3.63, 3.8) is 0 Å². The first kappa shape index (κ1) is 23.5. The van der Waals surface area contributed by atoms with E-state index in [9.17, 15) is 19.1 Å². The Hall–Kier alpha value is -3.94. The first-order chi connectivity index (χ1) is 18.0. The van der Waals surface area contributed by atoms with Gasteiger partial charge in [-0.05, 0) is 60.2 Å². The van der Waals surface area contributed by atoms with Gasteiger partial charge in [0.05, 0.1) is 17.6 Å². The fourth-order valence-electron chi connectivity index (χ4n) is 6.12. The van der Waals surface area contributed by atoms with Crippen LogP contribution in [0.15, 0.2) is 55.1 Å². The Balaban J connectivity index is 1.53. The van der Waals surface area contributed by atoms with Crippen LogP contribution in [0, 0.1) is 5.82 Å². The first-order valence-corrected chi connectivity index (χ1v) is 12.9. The van der Waals surface area contributed by atoms with E-state index >= 15 is 0 Å². The van der Waals surface area contributed by atoms with Gasteiger partial charge in [-0.2, -0.15) is 0 Å². The minimum atomic E-state index is -0.970. The van der Waals surface area contributed by atoms with Crippen LogP contribution in [0.25, 0.3) is 22.2 Å². The second-order valence-corrected chi connectivity index (χ2v) is 10.1. The van der Waals surface area contributed by atoms with Gasteiger partial charge in [0.25, 0.3) is 0 Å². The number of carbonyl (C=O) groups excluding carboxylic acids is 1. The Morgan fingerprint density at radius 3 is 2.65 bits per heavy atom. The molecule has 2 aromatic carbocycles. The molecule has 0 saturated heterocycles. The maximum atomic E-state index is 14.6. The number of rotatable bonds is 4. The van der Waals surface area contributed by atoms with Crippen molar-refractivity contribution < 1.29 is 19.1 Å². The number of amides is 1. The first-order valence-electron chi connectivity index (χ1n) is 12.9. The predicted molar refractivity (Wildman–Crippen MR) is 138 cm³/mol. The molecular weight excluding hydrogens is 471 g/mol. The van der Waals surface area contributed by atoms with Gasteiger partial charge >= 0.3 is 5.97 Å². The minimum Gasteiger partial charge on any atom is -0.478 e. The molecule has 1 saturated carbocycles. The number of carboxylic acids is 1. The molecule has 8 heteroatoms. The summed E-state index contributed by atoms with van der Waals surface area (Å²) in [7, 11) is 0. The molecule has 6 rings (SSSR count). The normalized spacial score (nSPS) is 16.2. The lowest BCUT2D eigenvalue weighted by molar-refractivity contribution is -0.132. The Morgan fingerprint density at radius 1 is 1.05 bits per heavy atom. The summed E-state index contributed by atoms with van der Waals surface area (Å²) in [5.74, 6) is -1.02. The number of benzene rings is 2. The van der Waals surface area contributed by atoms with Gasteiger partial charge in [-0.3, -0.25) is 4.79 Å². The Labute approximate surface area is 214 Å². The lowest BCUT2D eigenvalue weighted by Gasteiger charge is -2.30. The summed E-state index contributed by atoms with van der Waals surface area (Å²) in [5, 5.41) is 10.8. The second kappa shape index (κ2) is 9.50. The average molecular weight is 501 g/mol. The molecule has 1 aliphatic carbocycles. The molecule has 7 nitrogen and oxygen atoms in total. The zero-order valence-electron chi connectivity index (χ0n) is 20.6. The molecule has 3 heterocycles. The van der Waals surface area contributed by atoms with Crippen LogP contribution in [0.3, 0.4) is 0 Å². The highest BCUT2D eigenvalue weighted by Crippen LogP contribution is 2.45. The molecule has 0 bridgehead atoms. The summed E-state index contributed by atoms with van der Waals surface area (Å²) in [6.07, 6.45) is 10.7. The topological polar surface area (TPSA) is 80.4 Å². The summed E-state index contributed by atoms with van der Waals surface area (Å²) in [4.78, 5) is 30.9. The van der Waals surface area contributed by atoms with Gasteiger partial charge in [0.15, 0.2) is 0 Å². The summed E-state index contributed by atoms with van der Waals surface area (Å²) in [6.45, 7) is 1.42. The van der Waals surface area contributed by atoms with Crippen molar-refractivity contribution in [1.82, 2.24) is 19.0 Å². The largest absolute Gasteiger partial charge is 0.478 e. The van der Waals surface area contributed by atoms with Gasteiger partial charge in [-0.15, -0.1) is 0 Å². The Bertz CT molecular complexity index is 1480. The number of hydrogen-bond acceptors (Lipinski definition) is 3. The van der Waals surface area contributed by atoms with Gasteiger partial charge in [0.1, 0.15) is 12.4 Å². The standard InChI is InChI=1S/C29H29FN4O3/c30-22-7-9-23-21(14-22)16-33(26(35)17-32-11-10-31-18-32)12-13-34-25-15-20(29(36)37)6-8-24(25)27(28(23)34)19-4-2-1-3-5-19/h6-11,14-15,18-19H,1-5,12-13,16-17H2,(H,36,37). The van der Waals surface area contributed by atoms with Crippen molar-refractivity contribution in [3.8, 4) is 11.3 Å². The van der Waals surface area contributed by atoms with Gasteiger partial charge in [0, 0.05) is 48.5 Å². The van der Waals surface area contributed by atoms with Crippen LogP contribution in [-0.4, -0.2) is 42.5 Å². The number of imidazole rings is 1. The molecule has 1 N–H and O–H groups in total. The van der Waals surface area contributed by atoms with Gasteiger partial charge in [-0.1, -0.05) is 25.3 Å². The average Bonchev–Trinajstić information content (AvgIpc) is 3.51. The predicted octanol–water partition coefficient (Wildman–Crippen LogP) is 5.43. The number of fused-ring (bicyclic) bond motifs is 5. The molecule has 2 aromatic heterocycles. The maximum absolute atomic E-state index is 14.6. The SMILES string of the molecule is O=C(O)c1ccc2c(C3CCCCC3)c3n(c2c1)CCN(C(=O)Cn1ccnc1)Cc1cc(F)ccc1-3. The molecule has 0 radical (unpaired) electrons. The van der Waals surface area contributed by atoms with Crippen molar-refractivity contribution in [2.24, 2.45) is 0 Å². The molecule has 1 amide bonds. The second-order valence-electron chi connectivity index (χ2n) is 10.1. The number of carbonyl (C=O) groups is 2. The van der Waals surface area contributed by atoms with E-state index < -0.39 is 5.97 Å². The molecular formula is C29H29FN4O3. The molecule has 4 aromatic rings. The molecule has 0 spiro atoms. The molecule has 2 aliphatic rings. The van der Waals surface area contributed by atoms with Crippen LogP contribution in [0.1, 0.15) is 59.5 Å². The zero-order chi connectivity index (χ0) is 25.5. The number of carboxylic acid groups (broad SMARTS) is 1. The summed E-state index contributed by atoms with van der Waals surface area (Å²) < 4.78 is 18.4. The minimum absolute atomic E-state index is 0.0770. The number of aromatic nitrogens is 3. The van der Waals surface area contributed by atoms with E-state index in [2.05, 4.69) is 9.55 Å². The number of nitrogens with zero attached hydrogens (tertiary/aromatic N) is 4. The lowest BCUT2D eigenvalue weighted by atomic mass is 9.81. The van der Waals surface area contributed by atoms with Crippen LogP contribution in [-0.2, 0) is 24.4 Å². The molecule has 1 aliphatic heterocycles. The van der Waals surface area contributed by atoms with Crippen molar-refractivity contribution in [3.05, 3.63) is 77.6 Å². The Kier molecular flexibility index (Phi) is 6.02. The van der Waals surface area contributed by atoms with E-state index in [4.69, 9.17) is 0 Å². The molecule has 0 atom stereocenters. The van der Waals surface area contributed by atoms with E-state index in [1.165, 1.54) is 24.1 Å². The highest BCUT2D eigenvalue weighted by molar-refractivity contribution is 5.98. The van der Waals surface area contributed by atoms with Crippen LogP contribution < -0.4 is 0 Å². The van der Waals surface area contributed by atoms with E-state index in [1.807, 2.05) is 12.1 Å². The lowest BCUT2D eigenvalue weighted by Crippen LogP contribution is -2.37. The third kappa shape index (κ3) is 4.30. The number of halogens is 1. The van der Waals surface area contributed by atoms with Crippen LogP contribution >= 0.6 is 0 Å². The maximum Gasteiger partial charge on any atom is 0.335 e. The van der Waals surface area contributed by atoms with Gasteiger partial charge < -0.3 is 19.1 Å². The van der Waals surface area contributed by atoms with E-state index in [0.29, 0.717) is 25.6 Å². The van der Waals surface area contributed by atoms with E-state index in [0.717, 1.165) is 53.4 Å². The summed E-state index contributed by atoms with van der Waals surface area (Å²) in [5.41, 5.74) is 5.04. The monoisotopic (exact) mass is 500 g/mol. The molecule has 0 unspecified atom stereocenters. The van der Waals surface area contributed by atoms with Gasteiger partial charge in [-0.25, -0.2) is 14.2 Å². The fraction of sp³-hybridized carbons (Fsp3) is 0.345. The third-order valence-corrected chi connectivity index (χ3v) is 7.87. The fourth-order valence-corrected chi connectivity index (χ4v) is 6.12. The third-order valence-electron chi connectivity index (χ3n) is 7.87. The van der Waals surface area contributed by atoms with Crippen LogP contribution in [0.2, 0.25) is 0 Å². The van der Waals surface area contributed by atoms with Crippen LogP contribution in [0.4, 0.5) is 4.39 Å². The number of hydrogen-bond donors (Lipinski definition) is 1. The Morgan fingerprint density at radius 2 is 1.89 bits per heavy atom. The summed E-state index contributed by atoms with van der Waals surface area (Å²) >= 11 is 0. The van der Waals surface area contributed by atoms with Crippen molar-refractivity contribution >= 4 is 22.8 Å². The molecule has 190 valence electrons. The van der Waals surface area contributed by atoms with Crippen molar-refractivity contribution in [2.75, 3.05) is 6.54 Å². The highest BCUT2D eigenvalue weighted by atomic mass is 19.1. The van der Waals surface area contributed by atoms with Crippen molar-refractivity contribution in [2.45, 2.75) is 57.7 Å². The van der Waals surface area contributed by atoms with Gasteiger partial charge in [0.2, 0.25) is 5.91 Å². The molecule has 37 heavy (non-hydrogen) atoms. The number of aromatic carboxylic acids is 1. The smallest absolute Gasteiger partial charge is 0.335 e. The molecule has 1 fully saturated rings. The zero-order valence-corrected chi connectivity index (χ0v) is 20.6. The highest BCUT2D eigenvalue weighted by Gasteiger charge is 2.30.